The van der Waals surface area contributed by atoms with Gasteiger partial charge < -0.3 is 15.0 Å². The number of hydrogen-bond acceptors (Lipinski definition) is 5. The Morgan fingerprint density at radius 1 is 1.00 bits per heavy atom. The molecule has 0 spiro atoms. The zero-order valence-corrected chi connectivity index (χ0v) is 16.1. The maximum Gasteiger partial charge on any atom is 0.410 e. The van der Waals surface area contributed by atoms with Crippen LogP contribution in [0.2, 0.25) is 0 Å². The Balaban J connectivity index is 1.71. The molecule has 2 heterocycles. The fourth-order valence-corrected chi connectivity index (χ4v) is 4.12. The van der Waals surface area contributed by atoms with Crippen LogP contribution in [0.3, 0.4) is 0 Å². The van der Waals surface area contributed by atoms with Crippen molar-refractivity contribution in [3.63, 3.8) is 0 Å². The average molecular weight is 362 g/mol. The molecule has 2 rings (SSSR count). The Morgan fingerprint density at radius 3 is 1.88 bits per heavy atom. The highest BCUT2D eigenvalue weighted by Gasteiger charge is 2.30. The molecule has 0 aromatic rings. The number of piperidine rings is 2. The molecule has 2 saturated heterocycles. The molecule has 2 fully saturated rings. The predicted molar refractivity (Wildman–Crippen MR) is 93.4 cm³/mol. The van der Waals surface area contributed by atoms with Gasteiger partial charge in [0.05, 0.1) is 6.26 Å². The molecule has 1 amide bonds. The Hall–Kier alpha value is -0.860. The first-order valence-corrected chi connectivity index (χ1v) is 10.6. The summed E-state index contributed by atoms with van der Waals surface area (Å²) in [6.07, 6.45) is 4.55. The van der Waals surface area contributed by atoms with Crippen molar-refractivity contribution in [1.82, 2.24) is 14.5 Å². The smallest absolute Gasteiger partial charge is 0.410 e. The van der Waals surface area contributed by atoms with Crippen LogP contribution in [-0.4, -0.2) is 73.8 Å². The third kappa shape index (κ3) is 5.89. The van der Waals surface area contributed by atoms with E-state index in [2.05, 4.69) is 5.32 Å². The van der Waals surface area contributed by atoms with Crippen molar-refractivity contribution in [1.29, 1.82) is 0 Å². The number of nitrogens with one attached hydrogen (secondary N) is 1. The van der Waals surface area contributed by atoms with Gasteiger partial charge in [0.15, 0.2) is 0 Å². The first-order chi connectivity index (χ1) is 11.0. The summed E-state index contributed by atoms with van der Waals surface area (Å²) < 4.78 is 30.0. The molecule has 140 valence electrons. The van der Waals surface area contributed by atoms with Crippen LogP contribution in [0.15, 0.2) is 0 Å². The van der Waals surface area contributed by atoms with Crippen LogP contribution in [-0.2, 0) is 14.8 Å². The van der Waals surface area contributed by atoms with Crippen molar-refractivity contribution in [2.75, 3.05) is 32.4 Å². The van der Waals surface area contributed by atoms with Crippen LogP contribution in [0.25, 0.3) is 0 Å². The Labute approximate surface area is 145 Å². The molecule has 0 radical (unpaired) electrons. The number of rotatable bonds is 3. The second-order valence-corrected chi connectivity index (χ2v) is 9.83. The molecule has 8 heteroatoms. The fraction of sp³-hybridized carbons (Fsp3) is 0.938. The first-order valence-electron chi connectivity index (χ1n) is 8.74. The van der Waals surface area contributed by atoms with E-state index in [-0.39, 0.29) is 6.09 Å². The van der Waals surface area contributed by atoms with E-state index < -0.39 is 15.6 Å². The van der Waals surface area contributed by atoms with Crippen LogP contribution in [0.1, 0.15) is 46.5 Å². The van der Waals surface area contributed by atoms with Gasteiger partial charge in [-0.05, 0) is 46.5 Å². The number of carbonyl (C=O) groups excluding carboxylic acids is 1. The first kappa shape index (κ1) is 19.5. The molecular formula is C16H31N3O4S. The number of likely N-dealkylation sites (tertiary alicyclic amines) is 1. The number of ether oxygens (including phenoxy) is 1. The molecule has 0 saturated carbocycles. The SMILES string of the molecule is CC(C)(C)OC(=O)N1CCC(NC2CCN(S(C)(=O)=O)CC2)CC1. The van der Waals surface area contributed by atoms with Crippen molar-refractivity contribution in [3.8, 4) is 0 Å². The molecule has 24 heavy (non-hydrogen) atoms. The van der Waals surface area contributed by atoms with Gasteiger partial charge in [0.25, 0.3) is 0 Å². The highest BCUT2D eigenvalue weighted by molar-refractivity contribution is 7.88. The van der Waals surface area contributed by atoms with Crippen molar-refractivity contribution in [2.24, 2.45) is 0 Å². The van der Waals surface area contributed by atoms with Crippen LogP contribution < -0.4 is 5.32 Å². The summed E-state index contributed by atoms with van der Waals surface area (Å²) in [4.78, 5) is 13.8. The van der Waals surface area contributed by atoms with E-state index in [1.54, 1.807) is 9.21 Å². The van der Waals surface area contributed by atoms with Gasteiger partial charge in [-0.15, -0.1) is 0 Å². The van der Waals surface area contributed by atoms with Crippen molar-refractivity contribution < 1.29 is 17.9 Å². The molecule has 0 aliphatic carbocycles. The third-order valence-electron chi connectivity index (χ3n) is 4.54. The van der Waals surface area contributed by atoms with Crippen molar-refractivity contribution in [2.45, 2.75) is 64.1 Å². The van der Waals surface area contributed by atoms with Gasteiger partial charge in [-0.2, -0.15) is 0 Å². The lowest BCUT2D eigenvalue weighted by molar-refractivity contribution is 0.0194. The largest absolute Gasteiger partial charge is 0.444 e. The van der Waals surface area contributed by atoms with E-state index in [4.69, 9.17) is 4.74 Å². The lowest BCUT2D eigenvalue weighted by atomic mass is 10.0. The van der Waals surface area contributed by atoms with Gasteiger partial charge in [0.1, 0.15) is 5.60 Å². The number of nitrogens with zero attached hydrogens (tertiary/aromatic N) is 2. The second kappa shape index (κ2) is 7.58. The summed E-state index contributed by atoms with van der Waals surface area (Å²) in [7, 11) is -3.07. The van der Waals surface area contributed by atoms with Crippen LogP contribution >= 0.6 is 0 Å². The van der Waals surface area contributed by atoms with E-state index in [0.29, 0.717) is 38.3 Å². The zero-order valence-electron chi connectivity index (χ0n) is 15.2. The maximum atomic E-state index is 12.1. The molecule has 1 N–H and O–H groups in total. The average Bonchev–Trinajstić information content (AvgIpc) is 2.46. The minimum absolute atomic E-state index is 0.234. The third-order valence-corrected chi connectivity index (χ3v) is 5.84. The second-order valence-electron chi connectivity index (χ2n) is 7.84. The summed E-state index contributed by atoms with van der Waals surface area (Å²) in [5.74, 6) is 0. The Kier molecular flexibility index (Phi) is 6.14. The summed E-state index contributed by atoms with van der Waals surface area (Å²) in [5.41, 5.74) is -0.459. The number of hydrogen-bond donors (Lipinski definition) is 1. The summed E-state index contributed by atoms with van der Waals surface area (Å²) in [5, 5.41) is 3.64. The van der Waals surface area contributed by atoms with Gasteiger partial charge >= 0.3 is 6.09 Å². The van der Waals surface area contributed by atoms with Crippen LogP contribution in [0, 0.1) is 0 Å². The predicted octanol–water partition coefficient (Wildman–Crippen LogP) is 1.40. The van der Waals surface area contributed by atoms with Crippen molar-refractivity contribution in [3.05, 3.63) is 0 Å². The highest BCUT2D eigenvalue weighted by atomic mass is 32.2. The van der Waals surface area contributed by atoms with E-state index >= 15 is 0 Å². The Morgan fingerprint density at radius 2 is 1.46 bits per heavy atom. The Bertz CT molecular complexity index is 528. The molecule has 0 atom stereocenters. The van der Waals surface area contributed by atoms with Crippen molar-refractivity contribution >= 4 is 16.1 Å². The monoisotopic (exact) mass is 361 g/mol. The standard InChI is InChI=1S/C16H31N3O4S/c1-16(2,3)23-15(20)18-9-5-13(6-10-18)17-14-7-11-19(12-8-14)24(4,21)22/h13-14,17H,5-12H2,1-4H3. The van der Waals surface area contributed by atoms with Gasteiger partial charge in [0, 0.05) is 38.3 Å². The summed E-state index contributed by atoms with van der Waals surface area (Å²) in [6.45, 7) is 8.22. The normalized spacial score (nSPS) is 22.6. The number of amides is 1. The number of carbonyl (C=O) groups is 1. The molecule has 0 aromatic heterocycles. The molecule has 0 unspecified atom stereocenters. The fourth-order valence-electron chi connectivity index (χ4n) is 3.24. The van der Waals surface area contributed by atoms with Gasteiger partial charge in [-0.1, -0.05) is 0 Å². The quantitative estimate of drug-likeness (QED) is 0.822. The molecule has 0 bridgehead atoms. The molecule has 2 aliphatic rings. The molecule has 7 nitrogen and oxygen atoms in total. The molecule has 2 aliphatic heterocycles. The highest BCUT2D eigenvalue weighted by Crippen LogP contribution is 2.18. The topological polar surface area (TPSA) is 79.0 Å². The lowest BCUT2D eigenvalue weighted by Gasteiger charge is -2.37. The zero-order chi connectivity index (χ0) is 18.0. The minimum Gasteiger partial charge on any atom is -0.444 e. The van der Waals surface area contributed by atoms with E-state index in [9.17, 15) is 13.2 Å². The van der Waals surface area contributed by atoms with Gasteiger partial charge in [0.2, 0.25) is 10.0 Å². The molecular weight excluding hydrogens is 330 g/mol. The number of sulfonamides is 1. The maximum absolute atomic E-state index is 12.1. The van der Waals surface area contributed by atoms with E-state index in [1.807, 2.05) is 20.8 Å². The molecule has 0 aromatic carbocycles. The van der Waals surface area contributed by atoms with Crippen LogP contribution in [0.5, 0.6) is 0 Å². The minimum atomic E-state index is -3.07. The van der Waals surface area contributed by atoms with Gasteiger partial charge in [-0.25, -0.2) is 17.5 Å². The lowest BCUT2D eigenvalue weighted by Crippen LogP contribution is -2.51. The summed E-state index contributed by atoms with van der Waals surface area (Å²) >= 11 is 0. The van der Waals surface area contributed by atoms with Crippen LogP contribution in [0.4, 0.5) is 4.79 Å². The van der Waals surface area contributed by atoms with Gasteiger partial charge in [-0.3, -0.25) is 0 Å². The van der Waals surface area contributed by atoms with E-state index in [0.717, 1.165) is 25.7 Å². The summed E-state index contributed by atoms with van der Waals surface area (Å²) in [6, 6.07) is 0.750. The van der Waals surface area contributed by atoms with E-state index in [1.165, 1.54) is 6.26 Å².